The van der Waals surface area contributed by atoms with Crippen LogP contribution < -0.4 is 65.1 Å². The van der Waals surface area contributed by atoms with Crippen molar-refractivity contribution >= 4 is 82.4 Å². The van der Waals surface area contributed by atoms with E-state index in [1.54, 1.807) is 27.7 Å². The van der Waals surface area contributed by atoms with Gasteiger partial charge in [0.05, 0.1) is 25.4 Å². The SMILES string of the molecule is CNCC(=O)NC1(C(=O)N[C@@H](Cc2ccc(O)cc2)C(=O)N[C@@H](CC(N)=O)C(=O)N[C@@H](CC(C)C)C(=O)N[C@@H](Cc2ccc(O)cc2)C(=O)N[C@@H](CCCNC(=N)N)C(=O)N[C@H](C(=O)N2CCC[C@H]2C(=O)CC(N)=O)C(C)C)C(=O)CCCC1=O. The van der Waals surface area contributed by atoms with Gasteiger partial charge in [-0.1, -0.05) is 52.0 Å². The maximum absolute atomic E-state index is 14.7. The lowest BCUT2D eigenvalue weighted by molar-refractivity contribution is -0.151. The highest BCUT2D eigenvalue weighted by Crippen LogP contribution is 2.25. The predicted molar refractivity (Wildman–Crippen MR) is 305 cm³/mol. The molecule has 0 unspecified atom stereocenters. The molecule has 7 atom stereocenters. The first-order chi connectivity index (χ1) is 40.1. The fourth-order valence-electron chi connectivity index (χ4n) is 9.83. The number of hydrogen-bond donors (Lipinski definition) is 15. The van der Waals surface area contributed by atoms with Gasteiger partial charge in [-0.3, -0.25) is 67.7 Å². The van der Waals surface area contributed by atoms with Gasteiger partial charge in [0.1, 0.15) is 47.8 Å². The number of ketones is 3. The van der Waals surface area contributed by atoms with E-state index in [0.717, 1.165) is 0 Å². The Morgan fingerprint density at radius 1 is 0.659 bits per heavy atom. The minimum Gasteiger partial charge on any atom is -0.508 e. The Bertz CT molecular complexity index is 2790. The van der Waals surface area contributed by atoms with Crippen molar-refractivity contribution in [1.29, 1.82) is 5.41 Å². The molecule has 464 valence electrons. The Kier molecular flexibility index (Phi) is 25.9. The molecular formula is C56H80N14O15. The summed E-state index contributed by atoms with van der Waals surface area (Å²) in [6, 6.07) is 0.536. The molecule has 4 rings (SSSR count). The largest absolute Gasteiger partial charge is 0.508 e. The molecule has 1 heterocycles. The summed E-state index contributed by atoms with van der Waals surface area (Å²) >= 11 is 0. The Labute approximate surface area is 491 Å². The van der Waals surface area contributed by atoms with Crippen LogP contribution in [0.15, 0.2) is 48.5 Å². The zero-order valence-corrected chi connectivity index (χ0v) is 48.3. The third-order valence-corrected chi connectivity index (χ3v) is 14.1. The van der Waals surface area contributed by atoms with Gasteiger partial charge < -0.3 is 80.2 Å². The van der Waals surface area contributed by atoms with E-state index in [1.807, 2.05) is 0 Å². The number of likely N-dealkylation sites (tertiary alicyclic amines) is 1. The molecule has 2 aromatic rings. The Morgan fingerprint density at radius 2 is 1.15 bits per heavy atom. The number of carbonyl (C=O) groups excluding carboxylic acids is 13. The molecule has 1 saturated carbocycles. The van der Waals surface area contributed by atoms with Crippen molar-refractivity contribution in [2.24, 2.45) is 29.0 Å². The van der Waals surface area contributed by atoms with E-state index in [2.05, 4.69) is 47.9 Å². The fraction of sp³-hybridized carbons (Fsp3) is 0.536. The minimum absolute atomic E-state index is 0.0632. The average molecular weight is 1190 g/mol. The number of phenolic OH excluding ortho intramolecular Hbond substituents is 2. The normalized spacial score (nSPS) is 16.7. The van der Waals surface area contributed by atoms with Crippen LogP contribution in [0.3, 0.4) is 0 Å². The molecule has 0 spiro atoms. The van der Waals surface area contributed by atoms with Gasteiger partial charge in [0.2, 0.25) is 58.7 Å². The highest BCUT2D eigenvalue weighted by Gasteiger charge is 2.55. The van der Waals surface area contributed by atoms with Crippen LogP contribution in [0, 0.1) is 17.2 Å². The summed E-state index contributed by atoms with van der Waals surface area (Å²) in [5.74, 6) is -14.0. The zero-order valence-electron chi connectivity index (χ0n) is 48.3. The third-order valence-electron chi connectivity index (χ3n) is 14.1. The third kappa shape index (κ3) is 20.4. The molecule has 1 aliphatic carbocycles. The smallest absolute Gasteiger partial charge is 0.262 e. The standard InChI is InChI=1S/C56H80N14O15/c1-29(2)23-36(64-52(83)39(26-44(57)76)66-51(82)38(25-32-15-19-34(72)20-16-32)67-54(85)56(69-46(78)28-61-5)42(74)11-6-12-43(56)75)49(80)65-37(24-31-13-17-33(71)18-14-31)50(81)63-35(9-7-21-62-55(59)60)48(79)68-47(30(3)4)53(84)70-22-8-10-40(70)41(73)27-45(58)77/h13-20,29-30,35-40,47,61,71-72H,6-12,21-28H2,1-5H3,(H2,57,76)(H2,58,77)(H,63,81)(H,64,83)(H,65,80)(H,66,82)(H,67,85)(H,68,79)(H,69,78)(H4,59,60,62)/t35-,36-,37-,38-,39-,40-,47-/m0/s1. The molecule has 85 heavy (non-hydrogen) atoms. The van der Waals surface area contributed by atoms with Crippen molar-refractivity contribution in [2.75, 3.05) is 26.7 Å². The molecule has 0 aromatic heterocycles. The van der Waals surface area contributed by atoms with Crippen LogP contribution in [0.25, 0.3) is 0 Å². The van der Waals surface area contributed by atoms with Gasteiger partial charge in [-0.05, 0) is 92.8 Å². The van der Waals surface area contributed by atoms with Crippen LogP contribution in [0.2, 0.25) is 0 Å². The molecule has 29 nitrogen and oxygen atoms in total. The molecule has 18 N–H and O–H groups in total. The number of carbonyl (C=O) groups is 13. The van der Waals surface area contributed by atoms with Crippen molar-refractivity contribution in [3.8, 4) is 11.5 Å². The molecule has 10 amide bonds. The van der Waals surface area contributed by atoms with E-state index in [9.17, 15) is 72.5 Å². The average Bonchev–Trinajstić information content (AvgIpc) is 3.37. The van der Waals surface area contributed by atoms with Crippen LogP contribution >= 0.6 is 0 Å². The van der Waals surface area contributed by atoms with E-state index < -0.39 is 156 Å². The molecule has 0 bridgehead atoms. The van der Waals surface area contributed by atoms with Gasteiger partial charge in [0.15, 0.2) is 23.3 Å². The number of nitrogens with zero attached hydrogens (tertiary/aromatic N) is 1. The number of aromatic hydroxyl groups is 2. The molecule has 1 saturated heterocycles. The van der Waals surface area contributed by atoms with Crippen molar-refractivity contribution < 1.29 is 72.5 Å². The highest BCUT2D eigenvalue weighted by atomic mass is 16.3. The lowest BCUT2D eigenvalue weighted by atomic mass is 9.78. The summed E-state index contributed by atoms with van der Waals surface area (Å²) in [6.45, 7) is 6.51. The molecule has 29 heteroatoms. The molecule has 1 aliphatic heterocycles. The topological polar surface area (TPSA) is 476 Å². The van der Waals surface area contributed by atoms with Gasteiger partial charge in [-0.25, -0.2) is 0 Å². The van der Waals surface area contributed by atoms with Gasteiger partial charge >= 0.3 is 0 Å². The second-order valence-corrected chi connectivity index (χ2v) is 21.9. The number of amides is 10. The number of phenols is 2. The van der Waals surface area contributed by atoms with Crippen molar-refractivity contribution in [3.05, 3.63) is 59.7 Å². The summed E-state index contributed by atoms with van der Waals surface area (Å²) < 4.78 is 0. The van der Waals surface area contributed by atoms with Crippen LogP contribution in [-0.2, 0) is 75.2 Å². The van der Waals surface area contributed by atoms with Crippen LogP contribution in [0.4, 0.5) is 0 Å². The molecule has 2 fully saturated rings. The predicted octanol–water partition coefficient (Wildman–Crippen LogP) is -3.54. The number of nitrogens with two attached hydrogens (primary N) is 3. The number of rotatable bonds is 32. The number of benzene rings is 2. The van der Waals surface area contributed by atoms with E-state index in [1.165, 1.54) is 60.5 Å². The summed E-state index contributed by atoms with van der Waals surface area (Å²) in [4.78, 5) is 179. The molecule has 2 aromatic carbocycles. The Hall–Kier alpha value is -9.02. The maximum atomic E-state index is 14.7. The van der Waals surface area contributed by atoms with Crippen molar-refractivity contribution in [1.82, 2.24) is 52.8 Å². The van der Waals surface area contributed by atoms with E-state index in [-0.39, 0.29) is 87.8 Å². The lowest BCUT2D eigenvalue weighted by Crippen LogP contribution is -2.71. The van der Waals surface area contributed by atoms with Crippen molar-refractivity contribution in [2.45, 2.75) is 153 Å². The fourth-order valence-corrected chi connectivity index (χ4v) is 9.83. The summed E-state index contributed by atoms with van der Waals surface area (Å²) in [7, 11) is 1.41. The number of guanidine groups is 1. The van der Waals surface area contributed by atoms with Crippen LogP contribution in [-0.4, -0.2) is 172 Å². The monoisotopic (exact) mass is 1190 g/mol. The van der Waals surface area contributed by atoms with Crippen LogP contribution in [0.5, 0.6) is 11.5 Å². The van der Waals surface area contributed by atoms with E-state index >= 15 is 0 Å². The van der Waals surface area contributed by atoms with Gasteiger partial charge in [-0.15, -0.1) is 0 Å². The van der Waals surface area contributed by atoms with E-state index in [4.69, 9.17) is 22.6 Å². The number of Topliss-reactive ketones (excluding diaryl/α,β-unsaturated/α-hetero) is 3. The summed E-state index contributed by atoms with van der Waals surface area (Å²) in [5, 5.41) is 50.4. The van der Waals surface area contributed by atoms with Gasteiger partial charge in [0, 0.05) is 38.8 Å². The molecular weight excluding hydrogens is 1110 g/mol. The highest BCUT2D eigenvalue weighted by molar-refractivity contribution is 6.31. The second kappa shape index (κ2) is 32.1. The van der Waals surface area contributed by atoms with E-state index in [0.29, 0.717) is 17.5 Å². The second-order valence-electron chi connectivity index (χ2n) is 21.9. The summed E-state index contributed by atoms with van der Waals surface area (Å²) in [6.07, 6.45) is -2.09. The zero-order chi connectivity index (χ0) is 63.3. The maximum Gasteiger partial charge on any atom is 0.262 e. The molecule has 2 aliphatic rings. The van der Waals surface area contributed by atoms with Gasteiger partial charge in [0.25, 0.3) is 5.91 Å². The Balaban J connectivity index is 1.67. The first-order valence-corrected chi connectivity index (χ1v) is 27.9. The van der Waals surface area contributed by atoms with Crippen LogP contribution in [0.1, 0.15) is 103 Å². The number of hydrogen-bond acceptors (Lipinski definition) is 17. The number of nitrogens with one attached hydrogen (secondary N) is 10. The lowest BCUT2D eigenvalue weighted by Gasteiger charge is -2.35. The minimum atomic E-state index is -2.74. The quantitative estimate of drug-likeness (QED) is 0.0146. The number of primary amides is 2. The summed E-state index contributed by atoms with van der Waals surface area (Å²) in [5.41, 5.74) is 14.3. The first-order valence-electron chi connectivity index (χ1n) is 27.9. The first kappa shape index (κ1) is 68.5. The molecule has 0 radical (unpaired) electrons. The van der Waals surface area contributed by atoms with Gasteiger partial charge in [-0.2, -0.15) is 0 Å². The number of likely N-dealkylation sites (N-methyl/N-ethyl adjacent to an activating group) is 1. The Morgan fingerprint density at radius 3 is 1.66 bits per heavy atom. The van der Waals surface area contributed by atoms with Crippen molar-refractivity contribution in [3.63, 3.8) is 0 Å².